The summed E-state index contributed by atoms with van der Waals surface area (Å²) < 4.78 is 20.3. The SMILES string of the molecule is CC(N)C(Oc1ccccc1I)c1cccc(F)c1. The normalized spacial score (nSPS) is 13.9. The number of rotatable bonds is 4. The Hall–Kier alpha value is -1.14. The van der Waals surface area contributed by atoms with E-state index in [1.165, 1.54) is 12.1 Å². The Morgan fingerprint density at radius 3 is 2.53 bits per heavy atom. The molecule has 4 heteroatoms. The molecule has 2 aromatic carbocycles. The van der Waals surface area contributed by atoms with Crippen LogP contribution in [0.25, 0.3) is 0 Å². The molecular formula is C15H15FINO. The smallest absolute Gasteiger partial charge is 0.139 e. The van der Waals surface area contributed by atoms with Crippen molar-refractivity contribution < 1.29 is 9.13 Å². The van der Waals surface area contributed by atoms with Gasteiger partial charge in [0.05, 0.1) is 3.57 Å². The highest BCUT2D eigenvalue weighted by atomic mass is 127. The second-order valence-corrected chi connectivity index (χ2v) is 5.55. The van der Waals surface area contributed by atoms with Gasteiger partial charge in [0.15, 0.2) is 0 Å². The number of ether oxygens (including phenoxy) is 1. The summed E-state index contributed by atoms with van der Waals surface area (Å²) in [5, 5.41) is 0. The van der Waals surface area contributed by atoms with Gasteiger partial charge >= 0.3 is 0 Å². The Balaban J connectivity index is 2.29. The van der Waals surface area contributed by atoms with Gasteiger partial charge in [-0.2, -0.15) is 0 Å². The van der Waals surface area contributed by atoms with E-state index in [1.807, 2.05) is 37.3 Å². The average molecular weight is 371 g/mol. The lowest BCUT2D eigenvalue weighted by Gasteiger charge is -2.23. The molecule has 2 aromatic rings. The summed E-state index contributed by atoms with van der Waals surface area (Å²) in [5.41, 5.74) is 6.71. The Labute approximate surface area is 125 Å². The lowest BCUT2D eigenvalue weighted by Crippen LogP contribution is -2.29. The number of hydrogen-bond acceptors (Lipinski definition) is 2. The summed E-state index contributed by atoms with van der Waals surface area (Å²) in [6, 6.07) is 13.8. The zero-order valence-electron chi connectivity index (χ0n) is 10.5. The molecule has 0 saturated heterocycles. The highest BCUT2D eigenvalue weighted by Crippen LogP contribution is 2.28. The van der Waals surface area contributed by atoms with E-state index in [1.54, 1.807) is 6.07 Å². The fourth-order valence-corrected chi connectivity index (χ4v) is 2.35. The molecule has 0 aromatic heterocycles. The van der Waals surface area contributed by atoms with Gasteiger partial charge in [0.25, 0.3) is 0 Å². The number of halogens is 2. The van der Waals surface area contributed by atoms with Crippen molar-refractivity contribution in [3.63, 3.8) is 0 Å². The van der Waals surface area contributed by atoms with E-state index in [0.29, 0.717) is 0 Å². The standard InChI is InChI=1S/C15H15FINO/c1-10(18)15(11-5-4-6-12(16)9-11)19-14-8-3-2-7-13(14)17/h2-10,15H,18H2,1H3. The predicted octanol–water partition coefficient (Wildman–Crippen LogP) is 3.90. The van der Waals surface area contributed by atoms with Crippen LogP contribution < -0.4 is 10.5 Å². The minimum atomic E-state index is -0.369. The van der Waals surface area contributed by atoms with Crippen molar-refractivity contribution in [3.05, 3.63) is 63.5 Å². The molecule has 0 heterocycles. The maximum Gasteiger partial charge on any atom is 0.139 e. The predicted molar refractivity (Wildman–Crippen MR) is 82.6 cm³/mol. The first-order chi connectivity index (χ1) is 9.08. The molecule has 0 saturated carbocycles. The van der Waals surface area contributed by atoms with Crippen LogP contribution in [0.1, 0.15) is 18.6 Å². The number of nitrogens with two attached hydrogens (primary N) is 1. The van der Waals surface area contributed by atoms with Gasteiger partial charge in [0, 0.05) is 6.04 Å². The van der Waals surface area contributed by atoms with Crippen molar-refractivity contribution in [2.75, 3.05) is 0 Å². The van der Waals surface area contributed by atoms with Gasteiger partial charge in [-0.15, -0.1) is 0 Å². The van der Waals surface area contributed by atoms with E-state index < -0.39 is 0 Å². The summed E-state index contributed by atoms with van der Waals surface area (Å²) >= 11 is 2.20. The number of hydrogen-bond donors (Lipinski definition) is 1. The van der Waals surface area contributed by atoms with Crippen LogP contribution in [0.15, 0.2) is 48.5 Å². The monoisotopic (exact) mass is 371 g/mol. The average Bonchev–Trinajstić information content (AvgIpc) is 2.37. The molecule has 2 nitrogen and oxygen atoms in total. The molecule has 19 heavy (non-hydrogen) atoms. The van der Waals surface area contributed by atoms with E-state index in [-0.39, 0.29) is 18.0 Å². The summed E-state index contributed by atoms with van der Waals surface area (Å²) in [4.78, 5) is 0. The lowest BCUT2D eigenvalue weighted by atomic mass is 10.0. The van der Waals surface area contributed by atoms with Crippen LogP contribution in [-0.2, 0) is 0 Å². The van der Waals surface area contributed by atoms with Crippen LogP contribution in [0.3, 0.4) is 0 Å². The van der Waals surface area contributed by atoms with Crippen LogP contribution in [0, 0.1) is 9.39 Å². The molecule has 100 valence electrons. The quantitative estimate of drug-likeness (QED) is 0.828. The van der Waals surface area contributed by atoms with Gasteiger partial charge in [-0.05, 0) is 59.3 Å². The molecule has 2 N–H and O–H groups in total. The minimum absolute atomic E-state index is 0.238. The molecular weight excluding hydrogens is 356 g/mol. The first kappa shape index (κ1) is 14.3. The topological polar surface area (TPSA) is 35.2 Å². The third kappa shape index (κ3) is 3.67. The molecule has 0 aliphatic rings. The highest BCUT2D eigenvalue weighted by Gasteiger charge is 2.19. The highest BCUT2D eigenvalue weighted by molar-refractivity contribution is 14.1. The van der Waals surface area contributed by atoms with E-state index in [4.69, 9.17) is 10.5 Å². The van der Waals surface area contributed by atoms with Crippen LogP contribution >= 0.6 is 22.6 Å². The molecule has 0 spiro atoms. The largest absolute Gasteiger partial charge is 0.483 e. The zero-order chi connectivity index (χ0) is 13.8. The zero-order valence-corrected chi connectivity index (χ0v) is 12.7. The second-order valence-electron chi connectivity index (χ2n) is 4.38. The Morgan fingerprint density at radius 2 is 1.89 bits per heavy atom. The molecule has 2 rings (SSSR count). The van der Waals surface area contributed by atoms with E-state index in [0.717, 1.165) is 14.9 Å². The third-order valence-corrected chi connectivity index (χ3v) is 3.64. The fourth-order valence-electron chi connectivity index (χ4n) is 1.84. The molecule has 0 aliphatic heterocycles. The third-order valence-electron chi connectivity index (χ3n) is 2.75. The lowest BCUT2D eigenvalue weighted by molar-refractivity contribution is 0.178. The van der Waals surface area contributed by atoms with Crippen molar-refractivity contribution >= 4 is 22.6 Å². The number of para-hydroxylation sites is 1. The number of benzene rings is 2. The van der Waals surface area contributed by atoms with Crippen LogP contribution in [0.2, 0.25) is 0 Å². The molecule has 2 atom stereocenters. The molecule has 0 aliphatic carbocycles. The van der Waals surface area contributed by atoms with Crippen molar-refractivity contribution in [1.82, 2.24) is 0 Å². The Morgan fingerprint density at radius 1 is 1.16 bits per heavy atom. The fraction of sp³-hybridized carbons (Fsp3) is 0.200. The van der Waals surface area contributed by atoms with Crippen molar-refractivity contribution in [2.24, 2.45) is 5.73 Å². The maximum atomic E-state index is 13.3. The molecule has 0 radical (unpaired) electrons. The first-order valence-corrected chi connectivity index (χ1v) is 7.08. The maximum absolute atomic E-state index is 13.3. The Kier molecular flexibility index (Phi) is 4.76. The first-order valence-electron chi connectivity index (χ1n) is 6.00. The van der Waals surface area contributed by atoms with Gasteiger partial charge in [-0.1, -0.05) is 24.3 Å². The van der Waals surface area contributed by atoms with Gasteiger partial charge < -0.3 is 10.5 Å². The van der Waals surface area contributed by atoms with Crippen molar-refractivity contribution in [1.29, 1.82) is 0 Å². The van der Waals surface area contributed by atoms with Gasteiger partial charge in [-0.3, -0.25) is 0 Å². The summed E-state index contributed by atoms with van der Waals surface area (Å²) in [6.45, 7) is 1.85. The molecule has 0 amide bonds. The summed E-state index contributed by atoms with van der Waals surface area (Å²) in [5.74, 6) is 0.476. The van der Waals surface area contributed by atoms with Crippen molar-refractivity contribution in [2.45, 2.75) is 19.1 Å². The molecule has 2 unspecified atom stereocenters. The van der Waals surface area contributed by atoms with Gasteiger partial charge in [0.1, 0.15) is 17.7 Å². The van der Waals surface area contributed by atoms with E-state index in [2.05, 4.69) is 22.6 Å². The van der Waals surface area contributed by atoms with Crippen LogP contribution in [0.5, 0.6) is 5.75 Å². The van der Waals surface area contributed by atoms with Gasteiger partial charge in [0.2, 0.25) is 0 Å². The van der Waals surface area contributed by atoms with Gasteiger partial charge in [-0.25, -0.2) is 4.39 Å². The summed E-state index contributed by atoms with van der Waals surface area (Å²) in [7, 11) is 0. The second kappa shape index (κ2) is 6.34. The van der Waals surface area contributed by atoms with E-state index in [9.17, 15) is 4.39 Å². The van der Waals surface area contributed by atoms with Crippen LogP contribution in [-0.4, -0.2) is 6.04 Å². The van der Waals surface area contributed by atoms with Crippen molar-refractivity contribution in [3.8, 4) is 5.75 Å². The molecule has 0 fully saturated rings. The summed E-state index contributed by atoms with van der Waals surface area (Å²) in [6.07, 6.45) is -0.369. The molecule has 0 bridgehead atoms. The van der Waals surface area contributed by atoms with Crippen LogP contribution in [0.4, 0.5) is 4.39 Å². The minimum Gasteiger partial charge on any atom is -0.483 e. The Bertz CT molecular complexity index is 559. The van der Waals surface area contributed by atoms with E-state index >= 15 is 0 Å².